The molecule has 0 bridgehead atoms. The average molecular weight is 544 g/mol. The summed E-state index contributed by atoms with van der Waals surface area (Å²) in [7, 11) is 0.847. The van der Waals surface area contributed by atoms with E-state index < -0.39 is 85.1 Å². The molecule has 0 aromatic rings. The van der Waals surface area contributed by atoms with Crippen molar-refractivity contribution in [2.45, 2.75) is 88.2 Å². The number of unbranched alkanes of at least 4 members (excludes halogenated alkanes) is 1. The van der Waals surface area contributed by atoms with Gasteiger partial charge in [-0.25, -0.2) is 0 Å². The monoisotopic (exact) mass is 543 g/mol. The minimum atomic E-state index is -3.88. The normalized spacial score (nSPS) is 28.7. The zero-order valence-corrected chi connectivity index (χ0v) is 21.3. The van der Waals surface area contributed by atoms with Gasteiger partial charge in [0.15, 0.2) is 0 Å². The Kier molecular flexibility index (Phi) is 12.7. The zero-order chi connectivity index (χ0) is 28.6. The molecule has 13 nitrogen and oxygen atoms in total. The van der Waals surface area contributed by atoms with Crippen LogP contribution in [0.2, 0.25) is 0 Å². The first-order valence-electron chi connectivity index (χ1n) is 11.9. The third-order valence-electron chi connectivity index (χ3n) is 6.28. The second kappa shape index (κ2) is 14.2. The van der Waals surface area contributed by atoms with Gasteiger partial charge in [0.05, 0.1) is 13.2 Å². The summed E-state index contributed by atoms with van der Waals surface area (Å²) >= 11 is 0. The zero-order valence-electron chi connectivity index (χ0n) is 21.3. The number of aliphatic hydroxyl groups excluding tert-OH is 4. The highest BCUT2D eigenvalue weighted by atomic mass is 19.3. The lowest BCUT2D eigenvalue weighted by molar-refractivity contribution is -0.416. The van der Waals surface area contributed by atoms with Crippen LogP contribution in [0, 0.1) is 5.92 Å². The summed E-state index contributed by atoms with van der Waals surface area (Å²) in [6.07, 6.45) is -6.50. The van der Waals surface area contributed by atoms with Gasteiger partial charge < -0.3 is 51.0 Å². The average Bonchev–Trinajstić information content (AvgIpc) is 2.84. The fourth-order valence-electron chi connectivity index (χ4n) is 3.78. The van der Waals surface area contributed by atoms with E-state index in [2.05, 4.69) is 16.0 Å². The molecule has 8 N–H and O–H groups in total. The van der Waals surface area contributed by atoms with Gasteiger partial charge >= 0.3 is 11.9 Å². The van der Waals surface area contributed by atoms with Crippen molar-refractivity contribution in [3.8, 4) is 0 Å². The highest BCUT2D eigenvalue weighted by molar-refractivity contribution is 5.90. The number of nitrogens with one attached hydrogen (secondary N) is 3. The van der Waals surface area contributed by atoms with E-state index in [4.69, 9.17) is 14.6 Å². The van der Waals surface area contributed by atoms with Crippen molar-refractivity contribution < 1.29 is 58.2 Å². The Balaban J connectivity index is 2.49. The Morgan fingerprint density at radius 3 is 2.16 bits per heavy atom. The topological polar surface area (TPSA) is 207 Å². The van der Waals surface area contributed by atoms with Crippen LogP contribution in [-0.4, -0.2) is 118 Å². The summed E-state index contributed by atoms with van der Waals surface area (Å²) in [4.78, 5) is 35.0. The lowest BCUT2D eigenvalue weighted by Gasteiger charge is -2.50. The van der Waals surface area contributed by atoms with E-state index in [0.29, 0.717) is 19.3 Å². The first kappa shape index (κ1) is 33.0. The van der Waals surface area contributed by atoms with E-state index in [9.17, 15) is 34.8 Å². The number of carbonyl (C=O) groups is 3. The van der Waals surface area contributed by atoms with Crippen LogP contribution in [-0.2, 0) is 23.9 Å². The highest BCUT2D eigenvalue weighted by Gasteiger charge is 2.67. The number of carboxylic acids is 1. The van der Waals surface area contributed by atoms with Crippen LogP contribution < -0.4 is 16.0 Å². The predicted molar refractivity (Wildman–Crippen MR) is 123 cm³/mol. The van der Waals surface area contributed by atoms with Gasteiger partial charge in [-0.2, -0.15) is 8.78 Å². The fraction of sp³-hybridized carbons (Fsp3) is 0.864. The summed E-state index contributed by atoms with van der Waals surface area (Å²) in [6.45, 7) is 2.52. The third kappa shape index (κ3) is 8.24. The summed E-state index contributed by atoms with van der Waals surface area (Å²) < 4.78 is 39.8. The Bertz CT molecular complexity index is 775. The Hall–Kier alpha value is -2.01. The van der Waals surface area contributed by atoms with Gasteiger partial charge in [-0.05, 0) is 33.2 Å². The van der Waals surface area contributed by atoms with E-state index in [0.717, 1.165) is 7.11 Å². The SMILES string of the molecule is CO[C@@]1(C(F)(F)CNCCCC[C@H](C)C(=O)N[C@@H](C)C(=O)N[C@@H](C)C(=O)O)O[C@H](CO)[C@H](O)[C@H](O)[C@H]1O. The van der Waals surface area contributed by atoms with Crippen molar-refractivity contribution in [1.82, 2.24) is 16.0 Å². The maximum atomic E-state index is 15.0. The van der Waals surface area contributed by atoms with E-state index in [-0.39, 0.29) is 6.54 Å². The molecular weight excluding hydrogens is 504 g/mol. The maximum absolute atomic E-state index is 15.0. The number of carboxylic acid groups (broad SMARTS) is 1. The summed E-state index contributed by atoms with van der Waals surface area (Å²) in [5.74, 6) is -9.66. The van der Waals surface area contributed by atoms with Gasteiger partial charge in [0.1, 0.15) is 36.5 Å². The van der Waals surface area contributed by atoms with Crippen LogP contribution >= 0.6 is 0 Å². The molecule has 0 aliphatic carbocycles. The van der Waals surface area contributed by atoms with Crippen molar-refractivity contribution in [3.05, 3.63) is 0 Å². The minimum Gasteiger partial charge on any atom is -0.480 e. The Morgan fingerprint density at radius 1 is 1.03 bits per heavy atom. The van der Waals surface area contributed by atoms with Gasteiger partial charge in [-0.15, -0.1) is 0 Å². The molecule has 0 radical (unpaired) electrons. The number of aliphatic hydroxyl groups is 4. The number of hydrogen-bond donors (Lipinski definition) is 8. The molecule has 0 aromatic carbocycles. The van der Waals surface area contributed by atoms with E-state index in [1.54, 1.807) is 6.92 Å². The molecule has 2 amide bonds. The molecule has 0 aromatic heterocycles. The quantitative estimate of drug-likeness (QED) is 0.105. The molecular formula is C22H39F2N3O10. The summed E-state index contributed by atoms with van der Waals surface area (Å²) in [5.41, 5.74) is 0. The Labute approximate surface area is 213 Å². The Morgan fingerprint density at radius 2 is 1.62 bits per heavy atom. The number of halogens is 2. The van der Waals surface area contributed by atoms with Crippen molar-refractivity contribution >= 4 is 17.8 Å². The van der Waals surface area contributed by atoms with Crippen molar-refractivity contribution in [2.75, 3.05) is 26.8 Å². The molecule has 1 saturated heterocycles. The largest absolute Gasteiger partial charge is 0.480 e. The van der Waals surface area contributed by atoms with Crippen molar-refractivity contribution in [1.29, 1.82) is 0 Å². The molecule has 1 fully saturated rings. The molecule has 0 saturated carbocycles. The minimum absolute atomic E-state index is 0.0975. The fourth-order valence-corrected chi connectivity index (χ4v) is 3.78. The first-order valence-corrected chi connectivity index (χ1v) is 11.9. The molecule has 0 unspecified atom stereocenters. The first-order chi connectivity index (χ1) is 17.1. The summed E-state index contributed by atoms with van der Waals surface area (Å²) in [5, 5.41) is 55.3. The molecule has 1 aliphatic heterocycles. The predicted octanol–water partition coefficient (Wildman–Crippen LogP) is -2.07. The smallest absolute Gasteiger partial charge is 0.325 e. The number of hydrogen-bond acceptors (Lipinski definition) is 10. The van der Waals surface area contributed by atoms with Gasteiger partial charge in [0, 0.05) is 13.0 Å². The van der Waals surface area contributed by atoms with Gasteiger partial charge in [0.25, 0.3) is 5.79 Å². The van der Waals surface area contributed by atoms with E-state index in [1.807, 2.05) is 0 Å². The van der Waals surface area contributed by atoms with Gasteiger partial charge in [-0.3, -0.25) is 14.4 Å². The second-order valence-electron chi connectivity index (χ2n) is 9.21. The lowest BCUT2D eigenvalue weighted by Crippen LogP contribution is -2.73. The van der Waals surface area contributed by atoms with Crippen LogP contribution in [0.3, 0.4) is 0 Å². The van der Waals surface area contributed by atoms with Crippen LogP contribution in [0.5, 0.6) is 0 Å². The van der Waals surface area contributed by atoms with Gasteiger partial charge in [-0.1, -0.05) is 13.3 Å². The van der Waals surface area contributed by atoms with Crippen LogP contribution in [0.1, 0.15) is 40.0 Å². The standard InChI is InChI=1S/C22H39F2N3O10/c1-11(18(32)26-12(2)19(33)27-13(3)20(34)35)7-5-6-8-25-10-21(23,24)22(36-4)17(31)16(30)15(29)14(9-28)37-22/h11-17,25,28-31H,5-10H2,1-4H3,(H,26,32)(H,27,33)(H,34,35)/t11-,12-,13-,14+,15-,16-,17+,22+/m0/s1. The molecule has 216 valence electrons. The van der Waals surface area contributed by atoms with Gasteiger partial charge in [0.2, 0.25) is 11.8 Å². The molecule has 8 atom stereocenters. The van der Waals surface area contributed by atoms with Crippen LogP contribution in [0.15, 0.2) is 0 Å². The molecule has 37 heavy (non-hydrogen) atoms. The van der Waals surface area contributed by atoms with E-state index in [1.165, 1.54) is 13.8 Å². The molecule has 15 heteroatoms. The van der Waals surface area contributed by atoms with Crippen molar-refractivity contribution in [2.24, 2.45) is 5.92 Å². The number of ether oxygens (including phenoxy) is 2. The maximum Gasteiger partial charge on any atom is 0.325 e. The number of rotatable bonds is 15. The van der Waals surface area contributed by atoms with E-state index >= 15 is 8.78 Å². The number of amides is 2. The number of aliphatic carboxylic acids is 1. The lowest BCUT2D eigenvalue weighted by atomic mass is 9.88. The molecule has 1 rings (SSSR count). The molecule has 1 aliphatic rings. The number of alkyl halides is 2. The highest BCUT2D eigenvalue weighted by Crippen LogP contribution is 2.42. The number of methoxy groups -OCH3 is 1. The van der Waals surface area contributed by atoms with Crippen LogP contribution in [0.25, 0.3) is 0 Å². The number of carbonyl (C=O) groups excluding carboxylic acids is 2. The van der Waals surface area contributed by atoms with Crippen molar-refractivity contribution in [3.63, 3.8) is 0 Å². The van der Waals surface area contributed by atoms with Crippen LogP contribution in [0.4, 0.5) is 8.78 Å². The molecule has 0 spiro atoms. The second-order valence-corrected chi connectivity index (χ2v) is 9.21. The third-order valence-corrected chi connectivity index (χ3v) is 6.28. The summed E-state index contributed by atoms with van der Waals surface area (Å²) in [6, 6.07) is -2.06. The molecule has 1 heterocycles.